The number of carbonyl (C=O) groups excluding carboxylic acids is 1. The Morgan fingerprint density at radius 2 is 1.67 bits per heavy atom. The van der Waals surface area contributed by atoms with Gasteiger partial charge in [0.05, 0.1) is 10.6 Å². The summed E-state index contributed by atoms with van der Waals surface area (Å²) >= 11 is 5.80. The molecule has 0 unspecified atom stereocenters. The van der Waals surface area contributed by atoms with Crippen LogP contribution in [0.2, 0.25) is 5.02 Å². The highest BCUT2D eigenvalue weighted by Crippen LogP contribution is 2.22. The zero-order valence-corrected chi connectivity index (χ0v) is 16.1. The van der Waals surface area contributed by atoms with Gasteiger partial charge in [-0.25, -0.2) is 13.1 Å². The van der Waals surface area contributed by atoms with Crippen LogP contribution in [0.1, 0.15) is 21.6 Å². The summed E-state index contributed by atoms with van der Waals surface area (Å²) in [5.41, 5.74) is 2.12. The van der Waals surface area contributed by atoms with Crippen molar-refractivity contribution in [3.05, 3.63) is 70.4 Å². The van der Waals surface area contributed by atoms with Gasteiger partial charge in [-0.05, 0) is 62.4 Å². The molecule has 0 saturated heterocycles. The molecule has 9 heteroatoms. The molecule has 0 spiro atoms. The molecule has 3 aromatic rings. The van der Waals surface area contributed by atoms with E-state index in [-0.39, 0.29) is 16.7 Å². The Morgan fingerprint density at radius 1 is 1.04 bits per heavy atom. The predicted octanol–water partition coefficient (Wildman–Crippen LogP) is 4.00. The number of hydrogen-bond donors (Lipinski definition) is 2. The van der Waals surface area contributed by atoms with Crippen LogP contribution in [-0.4, -0.2) is 19.5 Å². The molecule has 0 fully saturated rings. The van der Waals surface area contributed by atoms with Gasteiger partial charge < -0.3 is 9.84 Å². The fourth-order valence-electron chi connectivity index (χ4n) is 2.21. The minimum Gasteiger partial charge on any atom is -0.337 e. The third-order valence-corrected chi connectivity index (χ3v) is 5.51. The van der Waals surface area contributed by atoms with Crippen LogP contribution >= 0.6 is 11.6 Å². The fourth-order valence-corrected chi connectivity index (χ4v) is 3.39. The van der Waals surface area contributed by atoms with E-state index in [9.17, 15) is 13.2 Å². The number of carbonyl (C=O) groups is 1. The molecule has 0 aliphatic carbocycles. The van der Waals surface area contributed by atoms with Gasteiger partial charge in [-0.3, -0.25) is 4.79 Å². The number of aryl methyl sites for hydroxylation is 1. The Morgan fingerprint density at radius 3 is 2.22 bits per heavy atom. The molecule has 2 aromatic carbocycles. The molecule has 2 N–H and O–H groups in total. The van der Waals surface area contributed by atoms with Crippen molar-refractivity contribution in [3.63, 3.8) is 0 Å². The summed E-state index contributed by atoms with van der Waals surface area (Å²) in [6.45, 7) is 3.42. The second kappa shape index (κ2) is 7.42. The summed E-state index contributed by atoms with van der Waals surface area (Å²) in [7, 11) is -3.84. The number of sulfonamides is 1. The maximum atomic E-state index is 12.5. The maximum Gasteiger partial charge on any atom is 0.264 e. The van der Waals surface area contributed by atoms with E-state index in [1.807, 2.05) is 0 Å². The van der Waals surface area contributed by atoms with Crippen LogP contribution in [0.15, 0.2) is 57.9 Å². The lowest BCUT2D eigenvalue weighted by Crippen LogP contribution is -2.14. The van der Waals surface area contributed by atoms with E-state index in [4.69, 9.17) is 16.1 Å². The van der Waals surface area contributed by atoms with Gasteiger partial charge in [0, 0.05) is 21.8 Å². The zero-order valence-electron chi connectivity index (χ0n) is 14.5. The molecule has 1 aromatic heterocycles. The summed E-state index contributed by atoms with van der Waals surface area (Å²) < 4.78 is 32.2. The second-order valence-electron chi connectivity index (χ2n) is 5.81. The Balaban J connectivity index is 1.73. The minimum absolute atomic E-state index is 0.0282. The van der Waals surface area contributed by atoms with Crippen LogP contribution in [0.4, 0.5) is 11.6 Å². The molecule has 7 nitrogen and oxygen atoms in total. The van der Waals surface area contributed by atoms with E-state index in [0.29, 0.717) is 27.5 Å². The molecule has 0 atom stereocenters. The van der Waals surface area contributed by atoms with Crippen molar-refractivity contribution in [2.75, 3.05) is 10.0 Å². The van der Waals surface area contributed by atoms with Crippen molar-refractivity contribution in [2.24, 2.45) is 0 Å². The number of nitrogens with zero attached hydrogens (tertiary/aromatic N) is 1. The second-order valence-corrected chi connectivity index (χ2v) is 7.93. The van der Waals surface area contributed by atoms with Crippen molar-refractivity contribution in [1.82, 2.24) is 5.16 Å². The topological polar surface area (TPSA) is 101 Å². The van der Waals surface area contributed by atoms with Crippen LogP contribution in [0.3, 0.4) is 0 Å². The number of anilines is 2. The highest BCUT2D eigenvalue weighted by atomic mass is 35.5. The molecular formula is C18H16ClN3O4S. The van der Waals surface area contributed by atoms with Gasteiger partial charge in [0.25, 0.3) is 15.9 Å². The molecule has 140 valence electrons. The van der Waals surface area contributed by atoms with Gasteiger partial charge >= 0.3 is 0 Å². The van der Waals surface area contributed by atoms with Crippen LogP contribution in [0, 0.1) is 13.8 Å². The van der Waals surface area contributed by atoms with Crippen molar-refractivity contribution >= 4 is 39.1 Å². The molecule has 1 heterocycles. The van der Waals surface area contributed by atoms with E-state index < -0.39 is 10.0 Å². The van der Waals surface area contributed by atoms with Gasteiger partial charge in [-0.2, -0.15) is 0 Å². The van der Waals surface area contributed by atoms with Crippen LogP contribution in [0.25, 0.3) is 0 Å². The van der Waals surface area contributed by atoms with Gasteiger partial charge in [-0.15, -0.1) is 0 Å². The Bertz CT molecular complexity index is 1070. The lowest BCUT2D eigenvalue weighted by Gasteiger charge is -2.08. The van der Waals surface area contributed by atoms with E-state index in [2.05, 4.69) is 15.2 Å². The average molecular weight is 406 g/mol. The number of nitrogens with one attached hydrogen (secondary N) is 2. The predicted molar refractivity (Wildman–Crippen MR) is 103 cm³/mol. The molecule has 0 saturated carbocycles. The first kappa shape index (κ1) is 18.9. The summed E-state index contributed by atoms with van der Waals surface area (Å²) in [5, 5.41) is 6.94. The van der Waals surface area contributed by atoms with Gasteiger partial charge in [-0.1, -0.05) is 16.8 Å². The summed E-state index contributed by atoms with van der Waals surface area (Å²) in [6, 6.07) is 12.2. The number of amides is 1. The number of halogens is 1. The van der Waals surface area contributed by atoms with Gasteiger partial charge in [0.15, 0.2) is 0 Å². The molecule has 0 radical (unpaired) electrons. The molecule has 0 aliphatic rings. The Labute approximate surface area is 161 Å². The van der Waals surface area contributed by atoms with Crippen molar-refractivity contribution < 1.29 is 17.7 Å². The summed E-state index contributed by atoms with van der Waals surface area (Å²) in [5.74, 6) is -0.249. The van der Waals surface area contributed by atoms with Crippen LogP contribution in [0.5, 0.6) is 0 Å². The molecule has 1 amide bonds. The maximum absolute atomic E-state index is 12.5. The SMILES string of the molecule is Cc1noc(NS(=O)(=O)c2ccc(NC(=O)c3ccc(Cl)cc3)cc2)c1C. The Kier molecular flexibility index (Phi) is 5.20. The lowest BCUT2D eigenvalue weighted by molar-refractivity contribution is 0.102. The summed E-state index contributed by atoms with van der Waals surface area (Å²) in [6.07, 6.45) is 0. The van der Waals surface area contributed by atoms with E-state index in [1.54, 1.807) is 38.1 Å². The van der Waals surface area contributed by atoms with Crippen LogP contribution in [-0.2, 0) is 10.0 Å². The minimum atomic E-state index is -3.84. The largest absolute Gasteiger partial charge is 0.337 e. The lowest BCUT2D eigenvalue weighted by atomic mass is 10.2. The smallest absolute Gasteiger partial charge is 0.264 e. The van der Waals surface area contributed by atoms with Crippen LogP contribution < -0.4 is 10.0 Å². The fraction of sp³-hybridized carbons (Fsp3) is 0.111. The quantitative estimate of drug-likeness (QED) is 0.668. The molecule has 0 aliphatic heterocycles. The third-order valence-electron chi connectivity index (χ3n) is 3.91. The average Bonchev–Trinajstić information content (AvgIpc) is 2.94. The molecule has 3 rings (SSSR count). The normalized spacial score (nSPS) is 11.2. The number of hydrogen-bond acceptors (Lipinski definition) is 5. The monoisotopic (exact) mass is 405 g/mol. The first-order valence-corrected chi connectivity index (χ1v) is 9.75. The van der Waals surface area contributed by atoms with Crippen molar-refractivity contribution in [1.29, 1.82) is 0 Å². The molecular weight excluding hydrogens is 390 g/mol. The van der Waals surface area contributed by atoms with E-state index in [1.165, 1.54) is 24.3 Å². The number of aromatic nitrogens is 1. The van der Waals surface area contributed by atoms with E-state index >= 15 is 0 Å². The Hall–Kier alpha value is -2.84. The molecule has 27 heavy (non-hydrogen) atoms. The van der Waals surface area contributed by atoms with Crippen molar-refractivity contribution in [3.8, 4) is 0 Å². The van der Waals surface area contributed by atoms with Gasteiger partial charge in [0.1, 0.15) is 0 Å². The first-order chi connectivity index (χ1) is 12.8. The number of benzene rings is 2. The standard InChI is InChI=1S/C18H16ClN3O4S/c1-11-12(2)21-26-18(11)22-27(24,25)16-9-7-15(8-10-16)20-17(23)13-3-5-14(19)6-4-13/h3-10,22H,1-2H3,(H,20,23). The highest BCUT2D eigenvalue weighted by molar-refractivity contribution is 7.92. The van der Waals surface area contributed by atoms with Gasteiger partial charge in [0.2, 0.25) is 5.88 Å². The molecule has 0 bridgehead atoms. The first-order valence-electron chi connectivity index (χ1n) is 7.89. The third kappa shape index (κ3) is 4.29. The van der Waals surface area contributed by atoms with E-state index in [0.717, 1.165) is 0 Å². The highest BCUT2D eigenvalue weighted by Gasteiger charge is 2.19. The van der Waals surface area contributed by atoms with Crippen molar-refractivity contribution in [2.45, 2.75) is 18.7 Å². The summed E-state index contributed by atoms with van der Waals surface area (Å²) in [4.78, 5) is 12.2. The zero-order chi connectivity index (χ0) is 19.6. The number of rotatable bonds is 5.